The van der Waals surface area contributed by atoms with Gasteiger partial charge in [0.25, 0.3) is 0 Å². The molecule has 1 heterocycles. The van der Waals surface area contributed by atoms with Gasteiger partial charge >= 0.3 is 12.1 Å². The number of pyridine rings is 1. The molecular weight excluding hydrogens is 224 g/mol. The Morgan fingerprint density at radius 3 is 2.88 bits per heavy atom. The number of carbonyl (C=O) groups is 2. The normalized spacial score (nSPS) is 10.8. The summed E-state index contributed by atoms with van der Waals surface area (Å²) in [6, 6.07) is 5.25. The van der Waals surface area contributed by atoms with Crippen molar-refractivity contribution in [2.45, 2.75) is 13.5 Å². The molecule has 6 heteroatoms. The van der Waals surface area contributed by atoms with Gasteiger partial charge in [0, 0.05) is 18.0 Å². The van der Waals surface area contributed by atoms with E-state index in [4.69, 9.17) is 9.84 Å². The van der Waals surface area contributed by atoms with Gasteiger partial charge in [0.2, 0.25) is 0 Å². The van der Waals surface area contributed by atoms with Gasteiger partial charge in [-0.25, -0.2) is 9.59 Å². The molecule has 1 aromatic rings. The summed E-state index contributed by atoms with van der Waals surface area (Å²) in [5.41, 5.74) is 0.811. The molecule has 0 atom stereocenters. The van der Waals surface area contributed by atoms with Crippen LogP contribution in [0.4, 0.5) is 4.79 Å². The summed E-state index contributed by atoms with van der Waals surface area (Å²) < 4.78 is 4.83. The lowest BCUT2D eigenvalue weighted by Gasteiger charge is -2.05. The molecule has 0 bridgehead atoms. The first-order valence-corrected chi connectivity index (χ1v) is 4.83. The number of carboxylic acids is 1. The molecule has 1 rings (SSSR count). The molecule has 0 unspecified atom stereocenters. The average Bonchev–Trinajstić information content (AvgIpc) is 2.26. The Balaban J connectivity index is 2.38. The number of alkyl carbamates (subject to hydrolysis) is 1. The third-order valence-corrected chi connectivity index (χ3v) is 1.72. The minimum absolute atomic E-state index is 0.0347. The van der Waals surface area contributed by atoms with Gasteiger partial charge < -0.3 is 9.84 Å². The van der Waals surface area contributed by atoms with Crippen LogP contribution in [-0.4, -0.2) is 22.2 Å². The standard InChI is InChI=1S/C11H12N2O4/c1-8(6-10(14)15)13-11(16)17-7-9-4-2-3-5-12-9/h2-6H,7H2,1H3,(H,13,16)(H,14,15). The Kier molecular flexibility index (Phi) is 4.68. The molecule has 0 radical (unpaired) electrons. The number of nitrogens with zero attached hydrogens (tertiary/aromatic N) is 1. The van der Waals surface area contributed by atoms with Crippen LogP contribution < -0.4 is 5.32 Å². The molecule has 0 fully saturated rings. The second kappa shape index (κ2) is 6.26. The predicted molar refractivity (Wildman–Crippen MR) is 59.0 cm³/mol. The zero-order valence-electron chi connectivity index (χ0n) is 9.21. The number of aromatic nitrogens is 1. The van der Waals surface area contributed by atoms with Crippen LogP contribution in [0.25, 0.3) is 0 Å². The summed E-state index contributed by atoms with van der Waals surface area (Å²) in [4.78, 5) is 25.5. The third kappa shape index (κ3) is 5.31. The van der Waals surface area contributed by atoms with E-state index in [0.29, 0.717) is 5.69 Å². The zero-order valence-corrected chi connectivity index (χ0v) is 9.21. The minimum Gasteiger partial charge on any atom is -0.478 e. The number of aliphatic carboxylic acids is 1. The first kappa shape index (κ1) is 12.7. The highest BCUT2D eigenvalue weighted by atomic mass is 16.5. The summed E-state index contributed by atoms with van der Waals surface area (Å²) in [5, 5.41) is 10.7. The van der Waals surface area contributed by atoms with E-state index < -0.39 is 12.1 Å². The summed E-state index contributed by atoms with van der Waals surface area (Å²) in [5.74, 6) is -1.13. The van der Waals surface area contributed by atoms with Crippen molar-refractivity contribution in [2.24, 2.45) is 0 Å². The van der Waals surface area contributed by atoms with Crippen molar-refractivity contribution in [1.82, 2.24) is 10.3 Å². The zero-order chi connectivity index (χ0) is 12.7. The van der Waals surface area contributed by atoms with Crippen molar-refractivity contribution in [3.05, 3.63) is 41.9 Å². The van der Waals surface area contributed by atoms with E-state index in [9.17, 15) is 9.59 Å². The summed E-state index contributed by atoms with van der Waals surface area (Å²) in [7, 11) is 0. The summed E-state index contributed by atoms with van der Waals surface area (Å²) >= 11 is 0. The number of carbonyl (C=O) groups excluding carboxylic acids is 1. The number of hydrogen-bond donors (Lipinski definition) is 2. The lowest BCUT2D eigenvalue weighted by atomic mass is 10.4. The van der Waals surface area contributed by atoms with E-state index in [1.54, 1.807) is 24.4 Å². The van der Waals surface area contributed by atoms with Crippen LogP contribution >= 0.6 is 0 Å². The van der Waals surface area contributed by atoms with Gasteiger partial charge in [-0.3, -0.25) is 10.3 Å². The highest BCUT2D eigenvalue weighted by Gasteiger charge is 2.04. The topological polar surface area (TPSA) is 88.5 Å². The maximum absolute atomic E-state index is 11.2. The van der Waals surface area contributed by atoms with Gasteiger partial charge in [-0.2, -0.15) is 0 Å². The SMILES string of the molecule is CC(=CC(=O)O)NC(=O)OCc1ccccn1. The van der Waals surface area contributed by atoms with Crippen LogP contribution in [0.2, 0.25) is 0 Å². The average molecular weight is 236 g/mol. The van der Waals surface area contributed by atoms with Gasteiger partial charge in [-0.15, -0.1) is 0 Å². The predicted octanol–water partition coefficient (Wildman–Crippen LogP) is 1.30. The molecule has 0 aliphatic carbocycles. The molecule has 0 saturated heterocycles. The number of allylic oxidation sites excluding steroid dienone is 1. The van der Waals surface area contributed by atoms with Crippen molar-refractivity contribution in [2.75, 3.05) is 0 Å². The van der Waals surface area contributed by atoms with Gasteiger partial charge in [0.15, 0.2) is 0 Å². The van der Waals surface area contributed by atoms with Crippen molar-refractivity contribution < 1.29 is 19.4 Å². The quantitative estimate of drug-likeness (QED) is 0.769. The van der Waals surface area contributed by atoms with Crippen LogP contribution in [0.3, 0.4) is 0 Å². The van der Waals surface area contributed by atoms with E-state index in [1.165, 1.54) is 6.92 Å². The van der Waals surface area contributed by atoms with E-state index in [1.807, 2.05) is 0 Å². The van der Waals surface area contributed by atoms with Crippen LogP contribution in [0.1, 0.15) is 12.6 Å². The number of carboxylic acid groups (broad SMARTS) is 1. The first-order valence-electron chi connectivity index (χ1n) is 4.83. The van der Waals surface area contributed by atoms with Crippen molar-refractivity contribution in [1.29, 1.82) is 0 Å². The van der Waals surface area contributed by atoms with Crippen LogP contribution in [0.5, 0.6) is 0 Å². The van der Waals surface area contributed by atoms with E-state index >= 15 is 0 Å². The van der Waals surface area contributed by atoms with Crippen molar-refractivity contribution >= 4 is 12.1 Å². The van der Waals surface area contributed by atoms with Gasteiger partial charge in [0.1, 0.15) is 6.61 Å². The Bertz CT molecular complexity index is 428. The van der Waals surface area contributed by atoms with E-state index in [0.717, 1.165) is 6.08 Å². The highest BCUT2D eigenvalue weighted by molar-refractivity contribution is 5.81. The first-order chi connectivity index (χ1) is 8.08. The largest absolute Gasteiger partial charge is 0.478 e. The Morgan fingerprint density at radius 2 is 2.29 bits per heavy atom. The van der Waals surface area contributed by atoms with Crippen LogP contribution in [0.15, 0.2) is 36.2 Å². The molecule has 1 amide bonds. The fourth-order valence-corrected chi connectivity index (χ4v) is 1.04. The fourth-order valence-electron chi connectivity index (χ4n) is 1.04. The molecule has 2 N–H and O–H groups in total. The Labute approximate surface area is 97.9 Å². The number of ether oxygens (including phenoxy) is 1. The molecule has 6 nitrogen and oxygen atoms in total. The fraction of sp³-hybridized carbons (Fsp3) is 0.182. The molecule has 0 saturated carbocycles. The maximum Gasteiger partial charge on any atom is 0.411 e. The molecule has 0 aliphatic rings. The lowest BCUT2D eigenvalue weighted by Crippen LogP contribution is -2.23. The summed E-state index contributed by atoms with van der Waals surface area (Å²) in [6.07, 6.45) is 1.75. The van der Waals surface area contributed by atoms with Gasteiger partial charge in [0.05, 0.1) is 5.69 Å². The Morgan fingerprint density at radius 1 is 1.53 bits per heavy atom. The molecule has 17 heavy (non-hydrogen) atoms. The second-order valence-electron chi connectivity index (χ2n) is 3.19. The molecule has 0 aromatic carbocycles. The van der Waals surface area contributed by atoms with E-state index in [2.05, 4.69) is 10.3 Å². The summed E-state index contributed by atoms with van der Waals surface area (Å²) in [6.45, 7) is 1.49. The molecular formula is C11H12N2O4. The Hall–Kier alpha value is -2.37. The smallest absolute Gasteiger partial charge is 0.411 e. The van der Waals surface area contributed by atoms with Crippen LogP contribution in [0, 0.1) is 0 Å². The maximum atomic E-state index is 11.2. The molecule has 0 aliphatic heterocycles. The number of amides is 1. The lowest BCUT2D eigenvalue weighted by molar-refractivity contribution is -0.131. The van der Waals surface area contributed by atoms with Crippen LogP contribution in [-0.2, 0) is 16.1 Å². The second-order valence-corrected chi connectivity index (χ2v) is 3.19. The molecule has 90 valence electrons. The number of nitrogens with one attached hydrogen (secondary N) is 1. The molecule has 0 spiro atoms. The highest BCUT2D eigenvalue weighted by Crippen LogP contribution is 1.97. The number of hydrogen-bond acceptors (Lipinski definition) is 4. The molecule has 1 aromatic heterocycles. The monoisotopic (exact) mass is 236 g/mol. The van der Waals surface area contributed by atoms with Gasteiger partial charge in [-0.1, -0.05) is 6.07 Å². The number of rotatable bonds is 4. The van der Waals surface area contributed by atoms with Crippen molar-refractivity contribution in [3.63, 3.8) is 0 Å². The minimum atomic E-state index is -1.13. The van der Waals surface area contributed by atoms with Crippen molar-refractivity contribution in [3.8, 4) is 0 Å². The van der Waals surface area contributed by atoms with Gasteiger partial charge in [-0.05, 0) is 19.1 Å². The third-order valence-electron chi connectivity index (χ3n) is 1.72. The van der Waals surface area contributed by atoms with E-state index in [-0.39, 0.29) is 12.3 Å².